The summed E-state index contributed by atoms with van der Waals surface area (Å²) in [5.41, 5.74) is -0.515. The lowest BCUT2D eigenvalue weighted by Crippen LogP contribution is -2.33. The fourth-order valence-corrected chi connectivity index (χ4v) is 2.67. The van der Waals surface area contributed by atoms with Gasteiger partial charge in [-0.25, -0.2) is 13.6 Å². The molecule has 1 amide bonds. The molecule has 1 fully saturated rings. The van der Waals surface area contributed by atoms with Crippen LogP contribution in [0.2, 0.25) is 0 Å². The van der Waals surface area contributed by atoms with Crippen molar-refractivity contribution >= 4 is 21.6 Å². The van der Waals surface area contributed by atoms with Crippen LogP contribution in [0.1, 0.15) is 30.1 Å². The lowest BCUT2D eigenvalue weighted by Gasteiger charge is -2.20. The zero-order valence-electron chi connectivity index (χ0n) is 11.4. The predicted molar refractivity (Wildman–Crippen MR) is 74.2 cm³/mol. The van der Waals surface area contributed by atoms with Crippen LogP contribution in [0.5, 0.6) is 0 Å². The molecule has 1 aromatic rings. The predicted octanol–water partition coefficient (Wildman–Crippen LogP) is 0.867. The Kier molecular flexibility index (Phi) is 3.97. The van der Waals surface area contributed by atoms with Crippen molar-refractivity contribution in [3.63, 3.8) is 0 Å². The van der Waals surface area contributed by atoms with E-state index in [1.54, 1.807) is 11.8 Å². The van der Waals surface area contributed by atoms with Crippen molar-refractivity contribution in [1.29, 1.82) is 0 Å². The number of hydrogen-bond donors (Lipinski definition) is 1. The number of carbonyl (C=O) groups is 1. The summed E-state index contributed by atoms with van der Waals surface area (Å²) in [5.74, 6) is -0.423. The monoisotopic (exact) mass is 313 g/mol. The van der Waals surface area contributed by atoms with Crippen molar-refractivity contribution in [2.24, 2.45) is 5.14 Å². The molecule has 0 heterocycles. The Labute approximate surface area is 121 Å². The Hall–Kier alpha value is -2.00. The molecule has 2 rings (SSSR count). The molecule has 114 valence electrons. The maximum atomic E-state index is 12.4. The van der Waals surface area contributed by atoms with Crippen molar-refractivity contribution in [2.45, 2.75) is 30.7 Å². The second-order valence-corrected chi connectivity index (χ2v) is 6.40. The first-order valence-corrected chi connectivity index (χ1v) is 7.92. The third kappa shape index (κ3) is 3.37. The van der Waals surface area contributed by atoms with Crippen molar-refractivity contribution in [2.75, 3.05) is 6.54 Å². The van der Waals surface area contributed by atoms with Gasteiger partial charge in [0.1, 0.15) is 0 Å². The Bertz CT molecular complexity index is 697. The van der Waals surface area contributed by atoms with Gasteiger partial charge in [0.05, 0.1) is 9.82 Å². The smallest absolute Gasteiger partial charge is 0.271 e. The Morgan fingerprint density at radius 3 is 2.48 bits per heavy atom. The second-order valence-electron chi connectivity index (χ2n) is 4.84. The molecule has 21 heavy (non-hydrogen) atoms. The van der Waals surface area contributed by atoms with Gasteiger partial charge < -0.3 is 4.90 Å². The van der Waals surface area contributed by atoms with Gasteiger partial charge >= 0.3 is 0 Å². The minimum Gasteiger partial charge on any atom is -0.336 e. The highest BCUT2D eigenvalue weighted by molar-refractivity contribution is 7.89. The Morgan fingerprint density at radius 1 is 1.43 bits per heavy atom. The highest BCUT2D eigenvalue weighted by atomic mass is 32.2. The van der Waals surface area contributed by atoms with Gasteiger partial charge in [-0.3, -0.25) is 14.9 Å². The van der Waals surface area contributed by atoms with Gasteiger partial charge in [0.2, 0.25) is 10.0 Å². The number of nitro benzene ring substituents is 1. The average molecular weight is 313 g/mol. The lowest BCUT2D eigenvalue weighted by molar-refractivity contribution is -0.385. The van der Waals surface area contributed by atoms with E-state index >= 15 is 0 Å². The largest absolute Gasteiger partial charge is 0.336 e. The maximum Gasteiger partial charge on any atom is 0.271 e. The highest BCUT2D eigenvalue weighted by Gasteiger charge is 2.32. The van der Waals surface area contributed by atoms with Gasteiger partial charge in [-0.1, -0.05) is 0 Å². The van der Waals surface area contributed by atoms with Gasteiger partial charge in [-0.2, -0.15) is 0 Å². The number of non-ortho nitro benzene ring substituents is 1. The normalized spacial score (nSPS) is 14.8. The standard InChI is InChI=1S/C12H15N3O5S/c1-2-14(9-3-4-9)12(16)8-5-10(15(17)18)7-11(6-8)21(13,19)20/h5-7,9H,2-4H2,1H3,(H2,13,19,20). The van der Waals surface area contributed by atoms with Crippen molar-refractivity contribution < 1.29 is 18.1 Å². The van der Waals surface area contributed by atoms with E-state index in [4.69, 9.17) is 5.14 Å². The molecular formula is C12H15N3O5S. The van der Waals surface area contributed by atoms with Gasteiger partial charge in [-0.15, -0.1) is 0 Å². The van der Waals surface area contributed by atoms with Crippen LogP contribution < -0.4 is 5.14 Å². The molecule has 0 bridgehead atoms. The van der Waals surface area contributed by atoms with E-state index in [-0.39, 0.29) is 11.6 Å². The van der Waals surface area contributed by atoms with Crippen LogP contribution >= 0.6 is 0 Å². The van der Waals surface area contributed by atoms with E-state index in [0.29, 0.717) is 6.54 Å². The minimum absolute atomic E-state index is 0.0398. The number of carbonyl (C=O) groups excluding carboxylic acids is 1. The molecule has 1 aromatic carbocycles. The number of primary sulfonamides is 1. The lowest BCUT2D eigenvalue weighted by atomic mass is 10.1. The number of nitro groups is 1. The van der Waals surface area contributed by atoms with E-state index in [2.05, 4.69) is 0 Å². The van der Waals surface area contributed by atoms with Crippen molar-refractivity contribution in [3.8, 4) is 0 Å². The van der Waals surface area contributed by atoms with Crippen LogP contribution in [0.25, 0.3) is 0 Å². The first-order valence-electron chi connectivity index (χ1n) is 6.37. The van der Waals surface area contributed by atoms with Crippen LogP contribution in [-0.4, -0.2) is 36.7 Å². The van der Waals surface area contributed by atoms with Crippen LogP contribution in [0, 0.1) is 10.1 Å². The summed E-state index contributed by atoms with van der Waals surface area (Å²) in [6.45, 7) is 2.26. The number of nitrogens with zero attached hydrogens (tertiary/aromatic N) is 2. The highest BCUT2D eigenvalue weighted by Crippen LogP contribution is 2.29. The van der Waals surface area contributed by atoms with Gasteiger partial charge in [0.25, 0.3) is 11.6 Å². The number of rotatable bonds is 5. The van der Waals surface area contributed by atoms with E-state index in [9.17, 15) is 23.3 Å². The van der Waals surface area contributed by atoms with Crippen LogP contribution in [0.4, 0.5) is 5.69 Å². The summed E-state index contributed by atoms with van der Waals surface area (Å²) in [6, 6.07) is 3.12. The topological polar surface area (TPSA) is 124 Å². The van der Waals surface area contributed by atoms with E-state index in [1.807, 2.05) is 0 Å². The van der Waals surface area contributed by atoms with Crippen molar-refractivity contribution in [1.82, 2.24) is 4.90 Å². The first-order chi connectivity index (χ1) is 9.74. The van der Waals surface area contributed by atoms with E-state index in [1.165, 1.54) is 0 Å². The molecule has 0 unspecified atom stereocenters. The Balaban J connectivity index is 2.49. The maximum absolute atomic E-state index is 12.4. The molecule has 0 aromatic heterocycles. The summed E-state index contributed by atoms with van der Waals surface area (Å²) in [7, 11) is -4.13. The molecule has 1 aliphatic carbocycles. The van der Waals surface area contributed by atoms with E-state index < -0.39 is 31.4 Å². The summed E-state index contributed by atoms with van der Waals surface area (Å²) in [4.78, 5) is 23.7. The third-order valence-corrected chi connectivity index (χ3v) is 4.16. The third-order valence-electron chi connectivity index (χ3n) is 3.27. The minimum atomic E-state index is -4.13. The number of nitrogens with two attached hydrogens (primary N) is 1. The number of amides is 1. The van der Waals surface area contributed by atoms with Crippen molar-refractivity contribution in [3.05, 3.63) is 33.9 Å². The zero-order chi connectivity index (χ0) is 15.8. The molecule has 2 N–H and O–H groups in total. The van der Waals surface area contributed by atoms with Gasteiger partial charge in [-0.05, 0) is 25.8 Å². The first kappa shape index (κ1) is 15.4. The Morgan fingerprint density at radius 2 is 2.05 bits per heavy atom. The summed E-state index contributed by atoms with van der Waals surface area (Å²) < 4.78 is 22.8. The van der Waals surface area contributed by atoms with Crippen LogP contribution in [0.3, 0.4) is 0 Å². The number of hydrogen-bond acceptors (Lipinski definition) is 5. The molecule has 0 atom stereocenters. The van der Waals surface area contributed by atoms with E-state index in [0.717, 1.165) is 31.0 Å². The SMILES string of the molecule is CCN(C(=O)c1cc([N+](=O)[O-])cc(S(N)(=O)=O)c1)C1CC1. The zero-order valence-corrected chi connectivity index (χ0v) is 12.2. The van der Waals surface area contributed by atoms with Crippen LogP contribution in [0.15, 0.2) is 23.1 Å². The number of benzene rings is 1. The fraction of sp³-hybridized carbons (Fsp3) is 0.417. The second kappa shape index (κ2) is 5.41. The molecule has 1 aliphatic rings. The molecule has 0 radical (unpaired) electrons. The summed E-state index contributed by atoms with van der Waals surface area (Å²) in [6.07, 6.45) is 1.77. The molecule has 0 aliphatic heterocycles. The van der Waals surface area contributed by atoms with Crippen LogP contribution in [-0.2, 0) is 10.0 Å². The molecule has 0 saturated heterocycles. The summed E-state index contributed by atoms with van der Waals surface area (Å²) >= 11 is 0. The number of sulfonamides is 1. The molecule has 9 heteroatoms. The van der Waals surface area contributed by atoms with Gasteiger partial charge in [0.15, 0.2) is 0 Å². The van der Waals surface area contributed by atoms with Gasteiger partial charge in [0, 0.05) is 30.3 Å². The fourth-order valence-electron chi connectivity index (χ4n) is 2.10. The molecule has 1 saturated carbocycles. The summed E-state index contributed by atoms with van der Waals surface area (Å²) in [5, 5.41) is 15.9. The molecular weight excluding hydrogens is 298 g/mol. The molecule has 0 spiro atoms. The average Bonchev–Trinajstić information content (AvgIpc) is 3.22. The molecule has 8 nitrogen and oxygen atoms in total. The quantitative estimate of drug-likeness (QED) is 0.638.